The van der Waals surface area contributed by atoms with E-state index in [1.165, 1.54) is 12.8 Å². The molecule has 2 rings (SSSR count). The number of phenolic OH excluding ortho intramolecular Hbond substituents is 1. The third-order valence-corrected chi connectivity index (χ3v) is 4.94. The normalized spacial score (nSPS) is 18.0. The average molecular weight is 275 g/mol. The van der Waals surface area contributed by atoms with Crippen LogP contribution in [0.15, 0.2) is 24.3 Å². The van der Waals surface area contributed by atoms with Crippen molar-refractivity contribution < 1.29 is 9.90 Å². The molecule has 1 N–H and O–H groups in total. The molecule has 3 heteroatoms. The Morgan fingerprint density at radius 3 is 2.45 bits per heavy atom. The lowest BCUT2D eigenvalue weighted by atomic mass is 9.74. The molecule has 0 aliphatic carbocycles. The maximum atomic E-state index is 12.3. The van der Waals surface area contributed by atoms with Crippen LogP contribution in [-0.4, -0.2) is 29.0 Å². The van der Waals surface area contributed by atoms with E-state index in [4.69, 9.17) is 0 Å². The second-order valence-corrected chi connectivity index (χ2v) is 5.93. The maximum Gasteiger partial charge on any atom is 0.226 e. The summed E-state index contributed by atoms with van der Waals surface area (Å²) in [5.74, 6) is 0.404. The van der Waals surface area contributed by atoms with Crippen molar-refractivity contribution in [1.82, 2.24) is 4.90 Å². The molecular formula is C17H25NO2. The van der Waals surface area contributed by atoms with Gasteiger partial charge in [-0.25, -0.2) is 0 Å². The Bertz CT molecular complexity index is 456. The monoisotopic (exact) mass is 275 g/mol. The number of carbonyl (C=O) groups excluding carboxylic acids is 1. The van der Waals surface area contributed by atoms with Crippen LogP contribution >= 0.6 is 0 Å². The second kappa shape index (κ2) is 6.29. The number of aromatic hydroxyl groups is 1. The van der Waals surface area contributed by atoms with Gasteiger partial charge in [-0.05, 0) is 36.0 Å². The van der Waals surface area contributed by atoms with Crippen LogP contribution in [0.1, 0.15) is 45.1 Å². The molecule has 110 valence electrons. The fourth-order valence-electron chi connectivity index (χ4n) is 3.14. The van der Waals surface area contributed by atoms with Crippen molar-refractivity contribution in [3.8, 4) is 5.75 Å². The Labute approximate surface area is 121 Å². The van der Waals surface area contributed by atoms with Gasteiger partial charge in [-0.15, -0.1) is 0 Å². The molecular weight excluding hydrogens is 250 g/mol. The SMILES string of the molecule is CCC1(CC)CCN(C(=O)Cc2cccc(O)c2)CC1. The summed E-state index contributed by atoms with van der Waals surface area (Å²) in [6, 6.07) is 6.98. The van der Waals surface area contributed by atoms with Gasteiger partial charge in [-0.1, -0.05) is 38.8 Å². The van der Waals surface area contributed by atoms with Crippen LogP contribution in [-0.2, 0) is 11.2 Å². The predicted molar refractivity (Wildman–Crippen MR) is 80.6 cm³/mol. The molecule has 1 aliphatic heterocycles. The molecule has 0 radical (unpaired) electrons. The van der Waals surface area contributed by atoms with Crippen molar-refractivity contribution in [1.29, 1.82) is 0 Å². The van der Waals surface area contributed by atoms with Gasteiger partial charge in [0.05, 0.1) is 6.42 Å². The van der Waals surface area contributed by atoms with Crippen LogP contribution in [0.5, 0.6) is 5.75 Å². The Balaban J connectivity index is 1.92. The largest absolute Gasteiger partial charge is 0.508 e. The zero-order valence-electron chi connectivity index (χ0n) is 12.6. The topological polar surface area (TPSA) is 40.5 Å². The van der Waals surface area contributed by atoms with Crippen molar-refractivity contribution in [2.45, 2.75) is 46.0 Å². The van der Waals surface area contributed by atoms with Crippen LogP contribution in [0.2, 0.25) is 0 Å². The van der Waals surface area contributed by atoms with Gasteiger partial charge in [0.2, 0.25) is 5.91 Å². The van der Waals surface area contributed by atoms with Gasteiger partial charge in [0.1, 0.15) is 5.75 Å². The first-order valence-corrected chi connectivity index (χ1v) is 7.64. The molecule has 1 saturated heterocycles. The molecule has 3 nitrogen and oxygen atoms in total. The number of rotatable bonds is 4. The lowest BCUT2D eigenvalue weighted by Crippen LogP contribution is -2.43. The van der Waals surface area contributed by atoms with Crippen LogP contribution < -0.4 is 0 Å². The average Bonchev–Trinajstić information content (AvgIpc) is 2.47. The number of phenols is 1. The van der Waals surface area contributed by atoms with Crippen molar-refractivity contribution in [3.63, 3.8) is 0 Å². The summed E-state index contributed by atoms with van der Waals surface area (Å²) in [6.07, 6.45) is 5.04. The highest BCUT2D eigenvalue weighted by Gasteiger charge is 2.32. The highest BCUT2D eigenvalue weighted by molar-refractivity contribution is 5.79. The number of piperidine rings is 1. The molecule has 1 aromatic rings. The standard InChI is InChI=1S/C17H25NO2/c1-3-17(4-2)8-10-18(11-9-17)16(20)13-14-6-5-7-15(19)12-14/h5-7,12,19H,3-4,8-11,13H2,1-2H3. The summed E-state index contributed by atoms with van der Waals surface area (Å²) in [7, 11) is 0. The highest BCUT2D eigenvalue weighted by atomic mass is 16.3. The molecule has 0 spiro atoms. The fourth-order valence-corrected chi connectivity index (χ4v) is 3.14. The molecule has 0 unspecified atom stereocenters. The first-order valence-electron chi connectivity index (χ1n) is 7.64. The van der Waals surface area contributed by atoms with Gasteiger partial charge in [0.15, 0.2) is 0 Å². The Hall–Kier alpha value is -1.51. The van der Waals surface area contributed by atoms with E-state index in [2.05, 4.69) is 13.8 Å². The van der Waals surface area contributed by atoms with Crippen LogP contribution in [0.4, 0.5) is 0 Å². The molecule has 0 bridgehead atoms. The first-order chi connectivity index (χ1) is 9.58. The minimum absolute atomic E-state index is 0.177. The summed E-state index contributed by atoms with van der Waals surface area (Å²) >= 11 is 0. The van der Waals surface area contributed by atoms with Gasteiger partial charge >= 0.3 is 0 Å². The van der Waals surface area contributed by atoms with Crippen LogP contribution in [0, 0.1) is 5.41 Å². The maximum absolute atomic E-state index is 12.3. The third kappa shape index (κ3) is 3.33. The second-order valence-electron chi connectivity index (χ2n) is 5.93. The number of carbonyl (C=O) groups is 1. The minimum atomic E-state index is 0.177. The van der Waals surface area contributed by atoms with Gasteiger partial charge < -0.3 is 10.0 Å². The third-order valence-electron chi connectivity index (χ3n) is 4.94. The lowest BCUT2D eigenvalue weighted by molar-refractivity contribution is -0.132. The summed E-state index contributed by atoms with van der Waals surface area (Å²) in [6.45, 7) is 6.26. The predicted octanol–water partition coefficient (Wildman–Crippen LogP) is 3.36. The van der Waals surface area contributed by atoms with E-state index < -0.39 is 0 Å². The molecule has 1 amide bonds. The molecule has 0 atom stereocenters. The van der Waals surface area contributed by atoms with E-state index in [0.29, 0.717) is 11.8 Å². The zero-order valence-corrected chi connectivity index (χ0v) is 12.6. The number of hydrogen-bond donors (Lipinski definition) is 1. The molecule has 1 fully saturated rings. The van der Waals surface area contributed by atoms with E-state index >= 15 is 0 Å². The molecule has 1 aromatic carbocycles. The quantitative estimate of drug-likeness (QED) is 0.915. The Kier molecular flexibility index (Phi) is 4.69. The van der Waals surface area contributed by atoms with Crippen LogP contribution in [0.3, 0.4) is 0 Å². The van der Waals surface area contributed by atoms with Gasteiger partial charge in [-0.2, -0.15) is 0 Å². The zero-order chi connectivity index (χ0) is 14.6. The van der Waals surface area contributed by atoms with Crippen LogP contribution in [0.25, 0.3) is 0 Å². The molecule has 20 heavy (non-hydrogen) atoms. The summed E-state index contributed by atoms with van der Waals surface area (Å²) in [4.78, 5) is 14.3. The van der Waals surface area contributed by atoms with E-state index in [1.807, 2.05) is 11.0 Å². The Morgan fingerprint density at radius 1 is 1.25 bits per heavy atom. The van der Waals surface area contributed by atoms with Crippen molar-refractivity contribution >= 4 is 5.91 Å². The smallest absolute Gasteiger partial charge is 0.226 e. The molecule has 1 heterocycles. The van der Waals surface area contributed by atoms with Crippen molar-refractivity contribution in [2.24, 2.45) is 5.41 Å². The van der Waals surface area contributed by atoms with Gasteiger partial charge in [-0.3, -0.25) is 4.79 Å². The van der Waals surface area contributed by atoms with E-state index in [-0.39, 0.29) is 11.7 Å². The number of likely N-dealkylation sites (tertiary alicyclic amines) is 1. The number of amides is 1. The summed E-state index contributed by atoms with van der Waals surface area (Å²) in [5.41, 5.74) is 1.33. The van der Waals surface area contributed by atoms with E-state index in [0.717, 1.165) is 31.5 Å². The molecule has 0 saturated carbocycles. The van der Waals surface area contributed by atoms with E-state index in [9.17, 15) is 9.90 Å². The molecule has 0 aromatic heterocycles. The Morgan fingerprint density at radius 2 is 1.90 bits per heavy atom. The van der Waals surface area contributed by atoms with Crippen molar-refractivity contribution in [3.05, 3.63) is 29.8 Å². The van der Waals surface area contributed by atoms with E-state index in [1.54, 1.807) is 18.2 Å². The first kappa shape index (κ1) is 14.9. The van der Waals surface area contributed by atoms with Gasteiger partial charge in [0.25, 0.3) is 0 Å². The van der Waals surface area contributed by atoms with Crippen molar-refractivity contribution in [2.75, 3.05) is 13.1 Å². The fraction of sp³-hybridized carbons (Fsp3) is 0.588. The lowest BCUT2D eigenvalue weighted by Gasteiger charge is -2.41. The number of nitrogens with zero attached hydrogens (tertiary/aromatic N) is 1. The minimum Gasteiger partial charge on any atom is -0.508 e. The number of benzene rings is 1. The van der Waals surface area contributed by atoms with Gasteiger partial charge in [0, 0.05) is 13.1 Å². The highest BCUT2D eigenvalue weighted by Crippen LogP contribution is 2.37. The summed E-state index contributed by atoms with van der Waals surface area (Å²) < 4.78 is 0. The summed E-state index contributed by atoms with van der Waals surface area (Å²) in [5, 5.41) is 9.44. The number of hydrogen-bond acceptors (Lipinski definition) is 2. The molecule has 1 aliphatic rings.